The maximum absolute atomic E-state index is 12.7. The van der Waals surface area contributed by atoms with E-state index in [0.717, 1.165) is 18.4 Å². The second-order valence-electron chi connectivity index (χ2n) is 7.72. The van der Waals surface area contributed by atoms with E-state index in [1.54, 1.807) is 12.0 Å². The van der Waals surface area contributed by atoms with Gasteiger partial charge in [0.1, 0.15) is 28.7 Å². The van der Waals surface area contributed by atoms with Crippen molar-refractivity contribution in [3.8, 4) is 22.8 Å². The summed E-state index contributed by atoms with van der Waals surface area (Å²) in [6, 6.07) is 16.6. The number of benzene rings is 2. The molecular formula is C24H26N4O4. The van der Waals surface area contributed by atoms with Gasteiger partial charge in [0.15, 0.2) is 6.61 Å². The zero-order valence-corrected chi connectivity index (χ0v) is 17.9. The second kappa shape index (κ2) is 9.55. The Morgan fingerprint density at radius 2 is 1.88 bits per heavy atom. The van der Waals surface area contributed by atoms with Gasteiger partial charge < -0.3 is 25.1 Å². The zero-order valence-electron chi connectivity index (χ0n) is 17.9. The molecule has 8 nitrogen and oxygen atoms in total. The summed E-state index contributed by atoms with van der Waals surface area (Å²) in [6.45, 7) is 1.16. The van der Waals surface area contributed by atoms with Crippen molar-refractivity contribution >= 4 is 11.8 Å². The first-order valence-corrected chi connectivity index (χ1v) is 10.5. The lowest BCUT2D eigenvalue weighted by atomic mass is 9.97. The number of nitrogens with zero attached hydrogens (tertiary/aromatic N) is 2. The Kier molecular flexibility index (Phi) is 6.39. The van der Waals surface area contributed by atoms with Gasteiger partial charge in [-0.25, -0.2) is 4.98 Å². The van der Waals surface area contributed by atoms with Gasteiger partial charge in [-0.2, -0.15) is 0 Å². The molecule has 0 radical (unpaired) electrons. The molecule has 166 valence electrons. The molecule has 1 atom stereocenters. The topological polar surface area (TPSA) is 111 Å². The van der Waals surface area contributed by atoms with E-state index in [2.05, 4.69) is 4.98 Å². The van der Waals surface area contributed by atoms with E-state index < -0.39 is 5.91 Å². The highest BCUT2D eigenvalue weighted by molar-refractivity contribution is 5.97. The van der Waals surface area contributed by atoms with Crippen molar-refractivity contribution in [3.05, 3.63) is 66.1 Å². The number of aromatic amines is 1. The molecule has 2 aromatic carbocycles. The molecule has 1 fully saturated rings. The van der Waals surface area contributed by atoms with Crippen LogP contribution < -0.4 is 15.2 Å². The van der Waals surface area contributed by atoms with E-state index in [9.17, 15) is 9.59 Å². The summed E-state index contributed by atoms with van der Waals surface area (Å²) >= 11 is 0. The Morgan fingerprint density at radius 1 is 1.12 bits per heavy atom. The molecule has 1 aliphatic rings. The van der Waals surface area contributed by atoms with E-state index in [1.165, 1.54) is 0 Å². The van der Waals surface area contributed by atoms with Crippen molar-refractivity contribution in [2.45, 2.75) is 18.8 Å². The number of amides is 2. The third-order valence-electron chi connectivity index (χ3n) is 5.60. The summed E-state index contributed by atoms with van der Waals surface area (Å²) in [4.78, 5) is 34.3. The van der Waals surface area contributed by atoms with Crippen molar-refractivity contribution in [1.29, 1.82) is 0 Å². The molecule has 32 heavy (non-hydrogen) atoms. The van der Waals surface area contributed by atoms with Gasteiger partial charge in [-0.15, -0.1) is 0 Å². The summed E-state index contributed by atoms with van der Waals surface area (Å²) in [7, 11) is 1.59. The van der Waals surface area contributed by atoms with Crippen molar-refractivity contribution in [2.24, 2.45) is 5.73 Å². The van der Waals surface area contributed by atoms with Crippen molar-refractivity contribution in [1.82, 2.24) is 14.9 Å². The number of primary amides is 1. The Balaban J connectivity index is 1.49. The molecule has 3 aromatic rings. The first kappa shape index (κ1) is 21.4. The lowest BCUT2D eigenvalue weighted by Crippen LogP contribution is -2.41. The van der Waals surface area contributed by atoms with Crippen LogP contribution in [0, 0.1) is 0 Å². The predicted molar refractivity (Wildman–Crippen MR) is 120 cm³/mol. The molecule has 3 N–H and O–H groups in total. The number of H-pyrrole nitrogens is 1. The van der Waals surface area contributed by atoms with Crippen molar-refractivity contribution in [2.75, 3.05) is 26.8 Å². The van der Waals surface area contributed by atoms with Crippen LogP contribution in [0.4, 0.5) is 0 Å². The highest BCUT2D eigenvalue weighted by atomic mass is 16.5. The average molecular weight is 434 g/mol. The molecule has 1 saturated heterocycles. The summed E-state index contributed by atoms with van der Waals surface area (Å²) in [5, 5.41) is 0. The third kappa shape index (κ3) is 4.74. The molecule has 0 unspecified atom stereocenters. The molecule has 2 heterocycles. The monoisotopic (exact) mass is 434 g/mol. The molecule has 0 bridgehead atoms. The highest BCUT2D eigenvalue weighted by Gasteiger charge is 2.29. The van der Waals surface area contributed by atoms with Gasteiger partial charge in [0.25, 0.3) is 11.8 Å². The van der Waals surface area contributed by atoms with E-state index >= 15 is 0 Å². The number of para-hydroxylation sites is 1. The number of methoxy groups -OCH3 is 1. The summed E-state index contributed by atoms with van der Waals surface area (Å²) in [5.41, 5.74) is 7.14. The number of piperidine rings is 1. The Bertz CT molecular complexity index is 1080. The minimum absolute atomic E-state index is 0.0154. The number of ether oxygens (including phenoxy) is 2. The zero-order chi connectivity index (χ0) is 22.5. The maximum Gasteiger partial charge on any atom is 0.267 e. The van der Waals surface area contributed by atoms with E-state index in [4.69, 9.17) is 20.2 Å². The number of hydrogen-bond acceptors (Lipinski definition) is 5. The number of aromatic nitrogens is 2. The van der Waals surface area contributed by atoms with Crippen LogP contribution in [0.25, 0.3) is 11.3 Å². The number of imidazole rings is 1. The van der Waals surface area contributed by atoms with Crippen molar-refractivity contribution < 1.29 is 19.1 Å². The van der Waals surface area contributed by atoms with Gasteiger partial charge in [0.2, 0.25) is 0 Å². The Labute approximate surface area is 186 Å². The standard InChI is InChI=1S/C24H26N4O4/c1-31-18-11-9-16(10-12-18)21-22(23(25)30)27-24(26-21)17-6-5-13-28(14-17)20(29)15-32-19-7-3-2-4-8-19/h2-4,7-12,17H,5-6,13-15H2,1H3,(H2,25,30)(H,26,27)/t17-/m0/s1. The fourth-order valence-electron chi connectivity index (χ4n) is 3.90. The van der Waals surface area contributed by atoms with Gasteiger partial charge in [-0.05, 0) is 49.2 Å². The van der Waals surface area contributed by atoms with E-state index in [0.29, 0.717) is 36.1 Å². The molecule has 1 aliphatic heterocycles. The average Bonchev–Trinajstić information content (AvgIpc) is 3.29. The van der Waals surface area contributed by atoms with Crippen LogP contribution in [0.15, 0.2) is 54.6 Å². The Morgan fingerprint density at radius 3 is 2.56 bits per heavy atom. The van der Waals surface area contributed by atoms with Crippen LogP contribution in [0.1, 0.15) is 35.1 Å². The lowest BCUT2D eigenvalue weighted by molar-refractivity contribution is -0.134. The number of nitrogens with two attached hydrogens (primary N) is 1. The third-order valence-corrected chi connectivity index (χ3v) is 5.60. The van der Waals surface area contributed by atoms with Gasteiger partial charge in [0, 0.05) is 24.6 Å². The molecule has 1 aromatic heterocycles. The number of likely N-dealkylation sites (tertiary alicyclic amines) is 1. The van der Waals surface area contributed by atoms with Gasteiger partial charge in [-0.1, -0.05) is 18.2 Å². The van der Waals surface area contributed by atoms with Crippen LogP contribution in [-0.2, 0) is 4.79 Å². The van der Waals surface area contributed by atoms with Gasteiger partial charge in [0.05, 0.1) is 7.11 Å². The SMILES string of the molecule is COc1ccc(-c2nc([C@H]3CCCN(C(=O)COc4ccccc4)C3)[nH]c2C(N)=O)cc1. The number of rotatable bonds is 7. The highest BCUT2D eigenvalue weighted by Crippen LogP contribution is 2.30. The number of carbonyl (C=O) groups is 2. The fourth-order valence-corrected chi connectivity index (χ4v) is 3.90. The molecule has 2 amide bonds. The normalized spacial score (nSPS) is 15.9. The predicted octanol–water partition coefficient (Wildman–Crippen LogP) is 2.97. The summed E-state index contributed by atoms with van der Waals surface area (Å²) < 4.78 is 10.8. The first-order valence-electron chi connectivity index (χ1n) is 10.5. The van der Waals surface area contributed by atoms with Gasteiger partial charge >= 0.3 is 0 Å². The molecule has 0 saturated carbocycles. The molecule has 0 spiro atoms. The number of hydrogen-bond donors (Lipinski definition) is 2. The van der Waals surface area contributed by atoms with Crippen LogP contribution in [0.3, 0.4) is 0 Å². The summed E-state index contributed by atoms with van der Waals surface area (Å²) in [6.07, 6.45) is 1.70. The van der Waals surface area contributed by atoms with E-state index in [1.807, 2.05) is 54.6 Å². The number of carbonyl (C=O) groups excluding carboxylic acids is 2. The first-order chi connectivity index (χ1) is 15.5. The number of nitrogens with one attached hydrogen (secondary N) is 1. The van der Waals surface area contributed by atoms with E-state index in [-0.39, 0.29) is 24.1 Å². The molecule has 4 rings (SSSR count). The smallest absolute Gasteiger partial charge is 0.267 e. The van der Waals surface area contributed by atoms with Crippen molar-refractivity contribution in [3.63, 3.8) is 0 Å². The quantitative estimate of drug-likeness (QED) is 0.594. The Hall–Kier alpha value is -3.81. The maximum atomic E-state index is 12.7. The molecular weight excluding hydrogens is 408 g/mol. The van der Waals surface area contributed by atoms with Crippen LogP contribution >= 0.6 is 0 Å². The minimum Gasteiger partial charge on any atom is -0.497 e. The van der Waals surface area contributed by atoms with Crippen LogP contribution in [0.2, 0.25) is 0 Å². The lowest BCUT2D eigenvalue weighted by Gasteiger charge is -2.31. The second-order valence-corrected chi connectivity index (χ2v) is 7.72. The largest absolute Gasteiger partial charge is 0.497 e. The molecule has 0 aliphatic carbocycles. The summed E-state index contributed by atoms with van der Waals surface area (Å²) in [5.74, 6) is 1.37. The molecule has 8 heteroatoms. The fraction of sp³-hybridized carbons (Fsp3) is 0.292. The van der Waals surface area contributed by atoms with Crippen LogP contribution in [0.5, 0.6) is 11.5 Å². The van der Waals surface area contributed by atoms with Gasteiger partial charge in [-0.3, -0.25) is 9.59 Å². The van der Waals surface area contributed by atoms with Crippen LogP contribution in [-0.4, -0.2) is 53.5 Å². The minimum atomic E-state index is -0.574.